The second kappa shape index (κ2) is 6.70. The lowest BCUT2D eigenvalue weighted by molar-refractivity contribution is -0.0277. The Hall–Kier alpha value is -0.910. The third kappa shape index (κ3) is 3.40. The number of hydrogen-bond donors (Lipinski definition) is 0. The molecular formula is C15H27N3O2. The van der Waals surface area contributed by atoms with Crippen molar-refractivity contribution in [1.82, 2.24) is 14.7 Å². The number of rotatable bonds is 5. The van der Waals surface area contributed by atoms with Crippen LogP contribution in [-0.4, -0.2) is 53.7 Å². The summed E-state index contributed by atoms with van der Waals surface area (Å²) < 4.78 is 13.3. The van der Waals surface area contributed by atoms with E-state index in [1.807, 2.05) is 11.7 Å². The molecule has 114 valence electrons. The first-order chi connectivity index (χ1) is 9.50. The van der Waals surface area contributed by atoms with Gasteiger partial charge in [0.25, 0.3) is 0 Å². The fraction of sp³-hybridized carbons (Fsp3) is 0.800. The van der Waals surface area contributed by atoms with Crippen molar-refractivity contribution >= 4 is 0 Å². The molecule has 5 heteroatoms. The van der Waals surface area contributed by atoms with Gasteiger partial charge in [-0.3, -0.25) is 9.58 Å². The van der Waals surface area contributed by atoms with Gasteiger partial charge in [0.2, 0.25) is 0 Å². The van der Waals surface area contributed by atoms with E-state index in [2.05, 4.69) is 37.7 Å². The maximum atomic E-state index is 5.69. The topological polar surface area (TPSA) is 39.5 Å². The van der Waals surface area contributed by atoms with Crippen LogP contribution in [0.2, 0.25) is 0 Å². The van der Waals surface area contributed by atoms with Crippen LogP contribution in [0.25, 0.3) is 0 Å². The second-order valence-electron chi connectivity index (χ2n) is 5.75. The number of aryl methyl sites for hydroxylation is 2. The summed E-state index contributed by atoms with van der Waals surface area (Å²) in [6.45, 7) is 12.6. The Morgan fingerprint density at radius 1 is 1.40 bits per heavy atom. The van der Waals surface area contributed by atoms with Gasteiger partial charge in [-0.05, 0) is 27.7 Å². The minimum absolute atomic E-state index is 0.288. The summed E-state index contributed by atoms with van der Waals surface area (Å²) in [6, 6.07) is 0.299. The fourth-order valence-corrected chi connectivity index (χ4v) is 2.85. The Morgan fingerprint density at radius 3 is 2.75 bits per heavy atom. The van der Waals surface area contributed by atoms with Crippen LogP contribution < -0.4 is 0 Å². The summed E-state index contributed by atoms with van der Waals surface area (Å²) in [5.41, 5.74) is 3.65. The normalized spacial score (nSPS) is 20.8. The van der Waals surface area contributed by atoms with Gasteiger partial charge >= 0.3 is 0 Å². The van der Waals surface area contributed by atoms with Crippen molar-refractivity contribution in [2.45, 2.75) is 39.8 Å². The average Bonchev–Trinajstić information content (AvgIpc) is 2.64. The Labute approximate surface area is 121 Å². The highest BCUT2D eigenvalue weighted by molar-refractivity contribution is 5.28. The first-order valence-electron chi connectivity index (χ1n) is 7.44. The summed E-state index contributed by atoms with van der Waals surface area (Å²) in [6.07, 6.45) is 0.288. The molecule has 0 amide bonds. The van der Waals surface area contributed by atoms with E-state index in [1.54, 1.807) is 0 Å². The summed E-state index contributed by atoms with van der Waals surface area (Å²) in [5.74, 6) is 0. The fourth-order valence-electron chi connectivity index (χ4n) is 2.85. The standard InChI is InChI=1S/C15H27N3O2/c1-11(2)20-9-7-18-6-8-19-10-14(18)15-12(3)16-17(5)13(15)4/h11,14H,6-10H2,1-5H3/t14-/m0/s1. The van der Waals surface area contributed by atoms with Crippen molar-refractivity contribution in [3.63, 3.8) is 0 Å². The minimum Gasteiger partial charge on any atom is -0.378 e. The number of ether oxygens (including phenoxy) is 2. The third-order valence-electron chi connectivity index (χ3n) is 3.97. The molecule has 1 atom stereocenters. The van der Waals surface area contributed by atoms with Crippen LogP contribution in [0, 0.1) is 13.8 Å². The highest BCUT2D eigenvalue weighted by Gasteiger charge is 2.28. The van der Waals surface area contributed by atoms with Gasteiger partial charge in [0.1, 0.15) is 0 Å². The number of aromatic nitrogens is 2. The van der Waals surface area contributed by atoms with Crippen LogP contribution in [0.3, 0.4) is 0 Å². The van der Waals surface area contributed by atoms with E-state index in [-0.39, 0.29) is 6.10 Å². The maximum absolute atomic E-state index is 5.69. The van der Waals surface area contributed by atoms with E-state index in [9.17, 15) is 0 Å². The maximum Gasteiger partial charge on any atom is 0.0665 e. The van der Waals surface area contributed by atoms with Gasteiger partial charge in [-0.15, -0.1) is 0 Å². The first-order valence-corrected chi connectivity index (χ1v) is 7.44. The zero-order valence-corrected chi connectivity index (χ0v) is 13.3. The molecule has 0 N–H and O–H groups in total. The Balaban J connectivity index is 2.10. The molecule has 1 fully saturated rings. The van der Waals surface area contributed by atoms with Gasteiger partial charge in [0, 0.05) is 31.4 Å². The SMILES string of the molecule is Cc1nn(C)c(C)c1[C@@H]1COCCN1CCOC(C)C. The van der Waals surface area contributed by atoms with Crippen molar-refractivity contribution in [2.24, 2.45) is 7.05 Å². The van der Waals surface area contributed by atoms with Crippen LogP contribution in [0.1, 0.15) is 36.8 Å². The van der Waals surface area contributed by atoms with Crippen LogP contribution in [0.5, 0.6) is 0 Å². The molecule has 0 unspecified atom stereocenters. The highest BCUT2D eigenvalue weighted by Crippen LogP contribution is 2.28. The number of morpholine rings is 1. The van der Waals surface area contributed by atoms with E-state index in [1.165, 1.54) is 11.3 Å². The van der Waals surface area contributed by atoms with Crippen molar-refractivity contribution in [3.8, 4) is 0 Å². The molecule has 1 aliphatic heterocycles. The molecule has 1 aliphatic rings. The predicted molar refractivity (Wildman–Crippen MR) is 78.9 cm³/mol. The summed E-state index contributed by atoms with van der Waals surface area (Å²) >= 11 is 0. The van der Waals surface area contributed by atoms with Crippen molar-refractivity contribution in [3.05, 3.63) is 17.0 Å². The van der Waals surface area contributed by atoms with Crippen molar-refractivity contribution < 1.29 is 9.47 Å². The summed E-state index contributed by atoms with van der Waals surface area (Å²) in [7, 11) is 2.00. The third-order valence-corrected chi connectivity index (χ3v) is 3.97. The van der Waals surface area contributed by atoms with E-state index >= 15 is 0 Å². The van der Waals surface area contributed by atoms with Gasteiger partial charge in [0.05, 0.1) is 37.7 Å². The lowest BCUT2D eigenvalue weighted by atomic mass is 10.0. The molecule has 20 heavy (non-hydrogen) atoms. The van der Waals surface area contributed by atoms with Crippen LogP contribution >= 0.6 is 0 Å². The van der Waals surface area contributed by atoms with Gasteiger partial charge in [-0.2, -0.15) is 5.10 Å². The molecule has 0 radical (unpaired) electrons. The molecule has 1 aromatic rings. The molecule has 2 rings (SSSR count). The number of nitrogens with zero attached hydrogens (tertiary/aromatic N) is 3. The zero-order chi connectivity index (χ0) is 14.7. The zero-order valence-electron chi connectivity index (χ0n) is 13.3. The molecule has 5 nitrogen and oxygen atoms in total. The average molecular weight is 281 g/mol. The predicted octanol–water partition coefficient (Wildman–Crippen LogP) is 1.84. The van der Waals surface area contributed by atoms with E-state index in [4.69, 9.17) is 9.47 Å². The Kier molecular flexibility index (Phi) is 5.18. The van der Waals surface area contributed by atoms with Gasteiger partial charge in [-0.25, -0.2) is 0 Å². The first kappa shape index (κ1) is 15.5. The molecule has 0 bridgehead atoms. The molecule has 0 spiro atoms. The van der Waals surface area contributed by atoms with Crippen LogP contribution in [-0.2, 0) is 16.5 Å². The van der Waals surface area contributed by atoms with E-state index < -0.39 is 0 Å². The summed E-state index contributed by atoms with van der Waals surface area (Å²) in [4.78, 5) is 2.46. The van der Waals surface area contributed by atoms with Gasteiger partial charge in [-0.1, -0.05) is 0 Å². The van der Waals surface area contributed by atoms with Crippen LogP contribution in [0.15, 0.2) is 0 Å². The molecule has 1 saturated heterocycles. The Bertz CT molecular complexity index is 443. The molecular weight excluding hydrogens is 254 g/mol. The highest BCUT2D eigenvalue weighted by atomic mass is 16.5. The molecule has 0 aliphatic carbocycles. The van der Waals surface area contributed by atoms with Crippen molar-refractivity contribution in [1.29, 1.82) is 0 Å². The van der Waals surface area contributed by atoms with E-state index in [0.29, 0.717) is 6.04 Å². The second-order valence-corrected chi connectivity index (χ2v) is 5.75. The monoisotopic (exact) mass is 281 g/mol. The molecule has 0 saturated carbocycles. The smallest absolute Gasteiger partial charge is 0.0665 e. The minimum atomic E-state index is 0.288. The number of hydrogen-bond acceptors (Lipinski definition) is 4. The van der Waals surface area contributed by atoms with Crippen molar-refractivity contribution in [2.75, 3.05) is 32.9 Å². The molecule has 0 aromatic carbocycles. The van der Waals surface area contributed by atoms with E-state index in [0.717, 1.165) is 38.6 Å². The summed E-state index contributed by atoms with van der Waals surface area (Å²) in [5, 5.41) is 4.53. The lowest BCUT2D eigenvalue weighted by Crippen LogP contribution is -2.41. The quantitative estimate of drug-likeness (QED) is 0.825. The van der Waals surface area contributed by atoms with Gasteiger partial charge in [0.15, 0.2) is 0 Å². The van der Waals surface area contributed by atoms with Gasteiger partial charge < -0.3 is 9.47 Å². The largest absolute Gasteiger partial charge is 0.378 e. The van der Waals surface area contributed by atoms with Crippen LogP contribution in [0.4, 0.5) is 0 Å². The lowest BCUT2D eigenvalue weighted by Gasteiger charge is -2.36. The molecule has 2 heterocycles. The Morgan fingerprint density at radius 2 is 2.15 bits per heavy atom. The molecule has 1 aromatic heterocycles.